The maximum atomic E-state index is 12.1. The molecule has 7 nitrogen and oxygen atoms in total. The summed E-state index contributed by atoms with van der Waals surface area (Å²) in [5.41, 5.74) is 0. The van der Waals surface area contributed by atoms with Crippen molar-refractivity contribution in [3.8, 4) is 0 Å². The average molecular weight is 379 g/mol. The zero-order chi connectivity index (χ0) is 17.8. The van der Waals surface area contributed by atoms with E-state index in [-0.39, 0.29) is 23.6 Å². The van der Waals surface area contributed by atoms with E-state index in [1.807, 2.05) is 4.90 Å². The summed E-state index contributed by atoms with van der Waals surface area (Å²) in [6.07, 6.45) is 5.91. The Morgan fingerprint density at radius 2 is 2.08 bits per heavy atom. The molecule has 2 unspecified atom stereocenters. The number of hydrogen-bond donors (Lipinski definition) is 2. The minimum atomic E-state index is -0.845. The highest BCUT2D eigenvalue weighted by molar-refractivity contribution is 7.98. The molecule has 0 aromatic rings. The molecule has 0 amide bonds. The number of likely N-dealkylation sites (tertiary alicyclic amines) is 1. The Morgan fingerprint density at radius 3 is 2.75 bits per heavy atom. The summed E-state index contributed by atoms with van der Waals surface area (Å²) in [5.74, 6) is -0.0867. The van der Waals surface area contributed by atoms with Crippen molar-refractivity contribution >= 4 is 35.7 Å². The summed E-state index contributed by atoms with van der Waals surface area (Å²) in [4.78, 5) is 35.1. The van der Waals surface area contributed by atoms with Gasteiger partial charge in [0.15, 0.2) is 0 Å². The van der Waals surface area contributed by atoms with Crippen LogP contribution in [-0.2, 0) is 9.59 Å². The SMILES string of the molecule is O=NSC(CCCCC(=O)CC1CCCN1CC(=O)O)CCSO. The molecule has 24 heavy (non-hydrogen) atoms. The molecule has 1 aliphatic heterocycles. The number of carbonyl (C=O) groups is 2. The second-order valence-electron chi connectivity index (χ2n) is 6.07. The predicted molar refractivity (Wildman–Crippen MR) is 97.2 cm³/mol. The van der Waals surface area contributed by atoms with Crippen molar-refractivity contribution in [1.29, 1.82) is 0 Å². The van der Waals surface area contributed by atoms with Gasteiger partial charge in [-0.1, -0.05) is 6.42 Å². The molecule has 0 aliphatic carbocycles. The molecule has 0 bridgehead atoms. The van der Waals surface area contributed by atoms with Crippen LogP contribution in [0.3, 0.4) is 0 Å². The van der Waals surface area contributed by atoms with Crippen LogP contribution >= 0.6 is 24.0 Å². The number of carboxylic acid groups (broad SMARTS) is 1. The van der Waals surface area contributed by atoms with E-state index in [0.717, 1.165) is 69.1 Å². The number of Topliss-reactive ketones (excluding diaryl/α,β-unsaturated/α-hetero) is 1. The lowest BCUT2D eigenvalue weighted by molar-refractivity contribution is -0.139. The first kappa shape index (κ1) is 21.4. The van der Waals surface area contributed by atoms with Crippen molar-refractivity contribution < 1.29 is 19.2 Å². The fourth-order valence-electron chi connectivity index (χ4n) is 3.06. The van der Waals surface area contributed by atoms with E-state index in [1.54, 1.807) is 0 Å². The van der Waals surface area contributed by atoms with Gasteiger partial charge < -0.3 is 9.66 Å². The van der Waals surface area contributed by atoms with Crippen LogP contribution < -0.4 is 0 Å². The first-order chi connectivity index (χ1) is 11.6. The maximum absolute atomic E-state index is 12.1. The number of rotatable bonds is 14. The molecule has 138 valence electrons. The molecule has 1 heterocycles. The lowest BCUT2D eigenvalue weighted by atomic mass is 10.0. The quantitative estimate of drug-likeness (QED) is 0.205. The smallest absolute Gasteiger partial charge is 0.317 e. The highest BCUT2D eigenvalue weighted by Crippen LogP contribution is 2.24. The third-order valence-corrected chi connectivity index (χ3v) is 5.53. The normalized spacial score (nSPS) is 19.3. The van der Waals surface area contributed by atoms with Crippen LogP contribution in [0.15, 0.2) is 4.58 Å². The van der Waals surface area contributed by atoms with Crippen LogP contribution in [0, 0.1) is 4.91 Å². The Labute approximate surface area is 151 Å². The molecule has 0 radical (unpaired) electrons. The molecule has 1 saturated heterocycles. The Morgan fingerprint density at radius 1 is 1.29 bits per heavy atom. The number of ketones is 1. The van der Waals surface area contributed by atoms with E-state index < -0.39 is 5.97 Å². The minimum Gasteiger partial charge on any atom is -0.480 e. The van der Waals surface area contributed by atoms with Gasteiger partial charge in [-0.05, 0) is 50.7 Å². The Bertz CT molecular complexity index is 411. The van der Waals surface area contributed by atoms with E-state index in [9.17, 15) is 14.5 Å². The van der Waals surface area contributed by atoms with Crippen molar-refractivity contribution in [3.63, 3.8) is 0 Å². The zero-order valence-corrected chi connectivity index (χ0v) is 15.4. The van der Waals surface area contributed by atoms with E-state index in [4.69, 9.17) is 9.66 Å². The molecule has 2 atom stereocenters. The van der Waals surface area contributed by atoms with Gasteiger partial charge in [0.25, 0.3) is 0 Å². The van der Waals surface area contributed by atoms with Gasteiger partial charge in [-0.25, -0.2) is 0 Å². The van der Waals surface area contributed by atoms with E-state index >= 15 is 0 Å². The number of nitrogens with zero attached hydrogens (tertiary/aromatic N) is 2. The number of carboxylic acids is 1. The summed E-state index contributed by atoms with van der Waals surface area (Å²) in [5, 5.41) is 8.98. The number of unbranched alkanes of at least 4 members (excludes halogenated alkanes) is 1. The molecule has 9 heteroatoms. The third-order valence-electron chi connectivity index (χ3n) is 4.26. The van der Waals surface area contributed by atoms with Gasteiger partial charge in [0.05, 0.1) is 6.54 Å². The van der Waals surface area contributed by atoms with Crippen molar-refractivity contribution in [1.82, 2.24) is 4.90 Å². The Balaban J connectivity index is 2.20. The van der Waals surface area contributed by atoms with Gasteiger partial charge in [-0.15, -0.1) is 4.91 Å². The van der Waals surface area contributed by atoms with Gasteiger partial charge in [0.1, 0.15) is 5.78 Å². The fraction of sp³-hybridized carbons (Fsp3) is 0.867. The highest BCUT2D eigenvalue weighted by atomic mass is 32.2. The van der Waals surface area contributed by atoms with Gasteiger partial charge in [-0.2, -0.15) is 0 Å². The van der Waals surface area contributed by atoms with Crippen molar-refractivity contribution in [2.45, 2.75) is 62.7 Å². The summed E-state index contributed by atoms with van der Waals surface area (Å²) in [6, 6.07) is 0.0674. The summed E-state index contributed by atoms with van der Waals surface area (Å²) < 4.78 is 11.6. The largest absolute Gasteiger partial charge is 0.480 e. The van der Waals surface area contributed by atoms with Crippen LogP contribution in [0.4, 0.5) is 0 Å². The predicted octanol–water partition coefficient (Wildman–Crippen LogP) is 3.43. The van der Waals surface area contributed by atoms with E-state index in [1.165, 1.54) is 0 Å². The lowest BCUT2D eigenvalue weighted by Crippen LogP contribution is -2.35. The summed E-state index contributed by atoms with van der Waals surface area (Å²) >= 11 is 1.77. The molecule has 1 rings (SSSR count). The fourth-order valence-corrected chi connectivity index (χ4v) is 4.22. The van der Waals surface area contributed by atoms with Crippen LogP contribution in [0.2, 0.25) is 0 Å². The average Bonchev–Trinajstić information content (AvgIpc) is 2.95. The van der Waals surface area contributed by atoms with Gasteiger partial charge >= 0.3 is 5.97 Å². The first-order valence-corrected chi connectivity index (χ1v) is 10.1. The van der Waals surface area contributed by atoms with Gasteiger partial charge in [-0.3, -0.25) is 14.5 Å². The second-order valence-corrected chi connectivity index (χ2v) is 7.77. The van der Waals surface area contributed by atoms with Crippen molar-refractivity contribution in [3.05, 3.63) is 4.91 Å². The second kappa shape index (κ2) is 12.7. The molecular weight excluding hydrogens is 352 g/mol. The Kier molecular flexibility index (Phi) is 11.3. The van der Waals surface area contributed by atoms with E-state index in [0.29, 0.717) is 18.6 Å². The highest BCUT2D eigenvalue weighted by Gasteiger charge is 2.27. The molecular formula is C15H26N2O5S2. The summed E-state index contributed by atoms with van der Waals surface area (Å²) in [6.45, 7) is 0.767. The molecule has 1 aliphatic rings. The maximum Gasteiger partial charge on any atom is 0.317 e. The molecule has 0 aromatic carbocycles. The minimum absolute atomic E-state index is 0.0123. The van der Waals surface area contributed by atoms with E-state index in [2.05, 4.69) is 4.58 Å². The monoisotopic (exact) mass is 378 g/mol. The van der Waals surface area contributed by atoms with Gasteiger partial charge in [0.2, 0.25) is 0 Å². The van der Waals surface area contributed by atoms with Crippen molar-refractivity contribution in [2.75, 3.05) is 18.8 Å². The summed E-state index contributed by atoms with van der Waals surface area (Å²) in [7, 11) is 0. The van der Waals surface area contributed by atoms with Crippen LogP contribution in [0.5, 0.6) is 0 Å². The topological polar surface area (TPSA) is 107 Å². The standard InChI is InChI=1S/C15H26N2O5S2/c18-13(10-12-4-3-8-17(12)11-15(19)20)5-1-2-6-14(24-16-21)7-9-23-22/h12,14,22H,1-11H2,(H,19,20). The van der Waals surface area contributed by atoms with Crippen LogP contribution in [-0.4, -0.2) is 56.4 Å². The number of aliphatic carboxylic acids is 1. The van der Waals surface area contributed by atoms with Gasteiger partial charge in [0, 0.05) is 46.4 Å². The molecule has 2 N–H and O–H groups in total. The number of carbonyl (C=O) groups excluding carboxylic acids is 1. The molecule has 0 saturated carbocycles. The molecule has 0 aromatic heterocycles. The zero-order valence-electron chi connectivity index (χ0n) is 13.8. The number of nitroso groups, excluding NO2 is 1. The van der Waals surface area contributed by atoms with Crippen LogP contribution in [0.25, 0.3) is 0 Å². The van der Waals surface area contributed by atoms with Crippen molar-refractivity contribution in [2.24, 2.45) is 4.58 Å². The molecule has 0 spiro atoms. The number of hydrogen-bond acceptors (Lipinski definition) is 8. The van der Waals surface area contributed by atoms with Crippen LogP contribution in [0.1, 0.15) is 51.4 Å². The Hall–Kier alpha value is -0.640. The lowest BCUT2D eigenvalue weighted by Gasteiger charge is -2.21. The third kappa shape index (κ3) is 9.00. The molecule has 1 fully saturated rings. The first-order valence-electron chi connectivity index (χ1n) is 8.29.